The maximum Gasteiger partial charge on any atom is 0.410 e. The summed E-state index contributed by atoms with van der Waals surface area (Å²) in [5.41, 5.74) is -1.00. The predicted molar refractivity (Wildman–Crippen MR) is 143 cm³/mol. The van der Waals surface area contributed by atoms with E-state index in [0.29, 0.717) is 30.5 Å². The molecule has 2 unspecified atom stereocenters. The molecule has 0 bridgehead atoms. The molecule has 9 nitrogen and oxygen atoms in total. The SMILES string of the molecule is CN1C2=c3c(c(Cl)c(Br)c(F)c3=NC1OC[C@@]13CCCN1C[C@H](F)C3)OC1CN(C(=O)OC(C)(C)C)C[C@@H]1N2. The zero-order valence-electron chi connectivity index (χ0n) is 22.4. The minimum absolute atomic E-state index is 0.0430. The van der Waals surface area contributed by atoms with Crippen molar-refractivity contribution in [3.8, 4) is 5.75 Å². The zero-order valence-corrected chi connectivity index (χ0v) is 24.7. The van der Waals surface area contributed by atoms with Gasteiger partial charge in [0.15, 0.2) is 11.6 Å². The highest BCUT2D eigenvalue weighted by Gasteiger charge is 2.50. The van der Waals surface area contributed by atoms with Crippen molar-refractivity contribution < 1.29 is 27.8 Å². The normalized spacial score (nSPS) is 31.6. The van der Waals surface area contributed by atoms with Crippen molar-refractivity contribution in [2.45, 2.75) is 75.8 Å². The van der Waals surface area contributed by atoms with Crippen LogP contribution >= 0.6 is 27.5 Å². The number of rotatable bonds is 3. The summed E-state index contributed by atoms with van der Waals surface area (Å²) >= 11 is 9.86. The predicted octanol–water partition coefficient (Wildman–Crippen LogP) is 2.72. The van der Waals surface area contributed by atoms with Crippen molar-refractivity contribution in [2.24, 2.45) is 4.99 Å². The van der Waals surface area contributed by atoms with Crippen molar-refractivity contribution in [3.63, 3.8) is 0 Å². The van der Waals surface area contributed by atoms with Crippen molar-refractivity contribution in [1.29, 1.82) is 0 Å². The van der Waals surface area contributed by atoms with Gasteiger partial charge < -0.3 is 29.3 Å². The highest BCUT2D eigenvalue weighted by molar-refractivity contribution is 9.10. The van der Waals surface area contributed by atoms with E-state index in [4.69, 9.17) is 25.8 Å². The Balaban J connectivity index is 1.33. The molecule has 13 heteroatoms. The Morgan fingerprint density at radius 1 is 1.33 bits per heavy atom. The van der Waals surface area contributed by atoms with Gasteiger partial charge in [0, 0.05) is 32.1 Å². The first-order chi connectivity index (χ1) is 18.4. The van der Waals surface area contributed by atoms with Gasteiger partial charge in [0.25, 0.3) is 0 Å². The molecule has 0 spiro atoms. The fourth-order valence-electron chi connectivity index (χ4n) is 6.40. The molecule has 0 aliphatic carbocycles. The lowest BCUT2D eigenvalue weighted by molar-refractivity contribution is -0.0633. The Labute approximate surface area is 239 Å². The zero-order chi connectivity index (χ0) is 27.9. The van der Waals surface area contributed by atoms with Crippen LogP contribution in [0.3, 0.4) is 0 Å². The van der Waals surface area contributed by atoms with Crippen LogP contribution in [0.25, 0.3) is 5.82 Å². The number of nitrogens with one attached hydrogen (secondary N) is 1. The molecule has 5 atom stereocenters. The summed E-state index contributed by atoms with van der Waals surface area (Å²) in [7, 11) is 1.80. The number of halogens is 4. The Morgan fingerprint density at radius 2 is 2.10 bits per heavy atom. The van der Waals surface area contributed by atoms with Crippen LogP contribution in [0.15, 0.2) is 9.47 Å². The Hall–Kier alpha value is -1.89. The second-order valence-electron chi connectivity index (χ2n) is 12.1. The molecule has 39 heavy (non-hydrogen) atoms. The summed E-state index contributed by atoms with van der Waals surface area (Å²) in [6.07, 6.45) is -0.364. The first-order valence-electron chi connectivity index (χ1n) is 13.3. The topological polar surface area (TPSA) is 78.9 Å². The number of likely N-dealkylation sites (tertiary alicyclic amines) is 1. The van der Waals surface area contributed by atoms with E-state index >= 15 is 4.39 Å². The van der Waals surface area contributed by atoms with E-state index in [0.717, 1.165) is 19.4 Å². The van der Waals surface area contributed by atoms with Gasteiger partial charge in [-0.25, -0.2) is 18.6 Å². The second kappa shape index (κ2) is 9.60. The van der Waals surface area contributed by atoms with Gasteiger partial charge >= 0.3 is 6.09 Å². The van der Waals surface area contributed by atoms with E-state index < -0.39 is 36.1 Å². The second-order valence-corrected chi connectivity index (χ2v) is 13.3. The number of nitrogens with zero attached hydrogens (tertiary/aromatic N) is 4. The molecule has 3 fully saturated rings. The van der Waals surface area contributed by atoms with Gasteiger partial charge in [-0.3, -0.25) is 4.90 Å². The molecule has 214 valence electrons. The molecule has 5 aliphatic rings. The maximum atomic E-state index is 15.6. The van der Waals surface area contributed by atoms with Crippen LogP contribution in [0.5, 0.6) is 5.75 Å². The number of hydrogen-bond donors (Lipinski definition) is 1. The number of fused-ring (bicyclic) bond motifs is 2. The number of benzene rings is 1. The Kier molecular flexibility index (Phi) is 6.71. The minimum Gasteiger partial charge on any atom is -0.484 e. The molecule has 1 aromatic rings. The molecule has 6 rings (SSSR count). The third kappa shape index (κ3) is 4.64. The molecular weight excluding hydrogens is 600 g/mol. The first kappa shape index (κ1) is 27.3. The van der Waals surface area contributed by atoms with Crippen molar-refractivity contribution >= 4 is 39.4 Å². The summed E-state index contributed by atoms with van der Waals surface area (Å²) in [4.78, 5) is 23.0. The molecule has 1 aromatic carbocycles. The fraction of sp³-hybridized carbons (Fsp3) is 0.692. The third-order valence-electron chi connectivity index (χ3n) is 8.19. The Bertz CT molecular complexity index is 1330. The number of amides is 1. The van der Waals surface area contributed by atoms with Crippen LogP contribution in [0, 0.1) is 5.82 Å². The lowest BCUT2D eigenvalue weighted by Crippen LogP contribution is -2.53. The summed E-state index contributed by atoms with van der Waals surface area (Å²) < 4.78 is 48.2. The molecule has 0 aromatic heterocycles. The van der Waals surface area contributed by atoms with E-state index in [1.165, 1.54) is 0 Å². The van der Waals surface area contributed by atoms with Crippen LogP contribution in [-0.2, 0) is 9.47 Å². The van der Waals surface area contributed by atoms with Crippen LogP contribution in [0.1, 0.15) is 40.0 Å². The number of alkyl halides is 1. The smallest absolute Gasteiger partial charge is 0.410 e. The Morgan fingerprint density at radius 3 is 2.85 bits per heavy atom. The number of hydrogen-bond acceptors (Lipinski definition) is 8. The molecule has 3 saturated heterocycles. The molecular formula is C26H33BrClF2N5O4. The number of ether oxygens (including phenoxy) is 3. The van der Waals surface area contributed by atoms with Gasteiger partial charge in [0.05, 0.1) is 28.9 Å². The van der Waals surface area contributed by atoms with Gasteiger partial charge in [-0.15, -0.1) is 0 Å². The quantitative estimate of drug-likeness (QED) is 0.514. The molecule has 5 heterocycles. The molecule has 1 amide bonds. The first-order valence-corrected chi connectivity index (χ1v) is 14.5. The summed E-state index contributed by atoms with van der Waals surface area (Å²) in [6, 6.07) is -0.321. The third-order valence-corrected chi connectivity index (χ3v) is 9.52. The largest absolute Gasteiger partial charge is 0.484 e. The van der Waals surface area contributed by atoms with Crippen LogP contribution < -0.4 is 20.6 Å². The molecule has 0 saturated carbocycles. The van der Waals surface area contributed by atoms with Crippen molar-refractivity contribution in [3.05, 3.63) is 25.9 Å². The van der Waals surface area contributed by atoms with E-state index in [1.807, 2.05) is 20.8 Å². The van der Waals surface area contributed by atoms with Gasteiger partial charge in [0.2, 0.25) is 6.35 Å². The monoisotopic (exact) mass is 631 g/mol. The van der Waals surface area contributed by atoms with Crippen LogP contribution in [0.2, 0.25) is 5.02 Å². The summed E-state index contributed by atoms with van der Waals surface area (Å²) in [6.45, 7) is 7.59. The highest BCUT2D eigenvalue weighted by atomic mass is 79.9. The van der Waals surface area contributed by atoms with Gasteiger partial charge in [-0.2, -0.15) is 0 Å². The minimum atomic E-state index is -0.879. The number of carbonyl (C=O) groups excluding carboxylic acids is 1. The standard InChI is InChI=1S/C26H33BrClF2N5O4/c1-25(2,3)39-24(36)34-10-14-15(11-34)38-21-16-20(19(30)17(27)18(21)28)32-23(33(4)22(16)31-14)37-12-26-6-5-7-35(26)9-13(29)8-26/h13-15,23,31H,5-12H2,1-4H3/t13-,14+,15?,23?,26+/m1/s1. The lowest BCUT2D eigenvalue weighted by Gasteiger charge is -2.37. The lowest BCUT2D eigenvalue weighted by atomic mass is 9.95. The van der Waals surface area contributed by atoms with Crippen LogP contribution in [-0.4, -0.2) is 96.4 Å². The summed E-state index contributed by atoms with van der Waals surface area (Å²) in [5, 5.41) is 4.05. The van der Waals surface area contributed by atoms with E-state index in [9.17, 15) is 9.18 Å². The average Bonchev–Trinajstić information content (AvgIpc) is 3.49. The van der Waals surface area contributed by atoms with E-state index in [2.05, 4.69) is 31.1 Å². The van der Waals surface area contributed by atoms with E-state index in [-0.39, 0.29) is 45.3 Å². The molecule has 1 N–H and O–H groups in total. The van der Waals surface area contributed by atoms with Crippen LogP contribution in [0.4, 0.5) is 13.6 Å². The number of carbonyl (C=O) groups is 1. The highest BCUT2D eigenvalue weighted by Crippen LogP contribution is 2.41. The average molecular weight is 633 g/mol. The van der Waals surface area contributed by atoms with Crippen molar-refractivity contribution in [1.82, 2.24) is 20.0 Å². The van der Waals surface area contributed by atoms with Crippen molar-refractivity contribution in [2.75, 3.05) is 39.8 Å². The molecule has 5 aliphatic heterocycles. The van der Waals surface area contributed by atoms with Gasteiger partial charge in [-0.1, -0.05) is 11.6 Å². The van der Waals surface area contributed by atoms with Gasteiger partial charge in [0.1, 0.15) is 34.1 Å². The maximum absolute atomic E-state index is 15.6. The van der Waals surface area contributed by atoms with Gasteiger partial charge in [-0.05, 0) is 56.1 Å². The van der Waals surface area contributed by atoms with E-state index in [1.54, 1.807) is 16.8 Å². The summed E-state index contributed by atoms with van der Waals surface area (Å²) in [5.74, 6) is 0.213. The molecule has 0 radical (unpaired) electrons. The fourth-order valence-corrected chi connectivity index (χ4v) is 6.99.